The number of halogens is 1. The highest BCUT2D eigenvalue weighted by molar-refractivity contribution is 6.34. The van der Waals surface area contributed by atoms with E-state index in [-0.39, 0.29) is 28.1 Å². The summed E-state index contributed by atoms with van der Waals surface area (Å²) in [4.78, 5) is 23.3. The number of rotatable bonds is 3. The number of anilines is 1. The van der Waals surface area contributed by atoms with Crippen LogP contribution >= 0.6 is 11.6 Å². The molecule has 1 aromatic heterocycles. The maximum Gasteiger partial charge on any atom is 0.337 e. The van der Waals surface area contributed by atoms with E-state index in [9.17, 15) is 9.59 Å². The number of carbonyl (C=O) groups is 2. The van der Waals surface area contributed by atoms with Crippen molar-refractivity contribution < 1.29 is 18.7 Å². The van der Waals surface area contributed by atoms with E-state index in [0.717, 1.165) is 0 Å². The highest BCUT2D eigenvalue weighted by Crippen LogP contribution is 2.24. The van der Waals surface area contributed by atoms with E-state index in [1.165, 1.54) is 25.3 Å². The van der Waals surface area contributed by atoms with Crippen LogP contribution in [-0.4, -0.2) is 29.2 Å². The minimum Gasteiger partial charge on any atom is -0.465 e. The predicted octanol–water partition coefficient (Wildman–Crippen LogP) is 2.07. The zero-order valence-electron chi connectivity index (χ0n) is 10.6. The number of aryl methyl sites for hydroxylation is 1. The molecular weight excluding hydrogens is 286 g/mol. The maximum atomic E-state index is 11.8. The number of esters is 1. The summed E-state index contributed by atoms with van der Waals surface area (Å²) in [7, 11) is 1.26. The molecule has 7 nitrogen and oxygen atoms in total. The number of nitrogens with one attached hydrogen (secondary N) is 1. The smallest absolute Gasteiger partial charge is 0.337 e. The molecule has 0 fully saturated rings. The van der Waals surface area contributed by atoms with Gasteiger partial charge in [0.25, 0.3) is 0 Å². The lowest BCUT2D eigenvalue weighted by molar-refractivity contribution is 0.0600. The molecule has 104 valence electrons. The standard InChI is InChI=1S/C12H10ClN3O4/c1-6-15-16-11(20-6)10(17)14-9-5-7(12(18)19-2)3-4-8(9)13/h3-5H,1-2H3,(H,14,17). The van der Waals surface area contributed by atoms with Gasteiger partial charge in [0.1, 0.15) is 0 Å². The summed E-state index contributed by atoms with van der Waals surface area (Å²) in [6.45, 7) is 1.56. The summed E-state index contributed by atoms with van der Waals surface area (Å²) in [5.41, 5.74) is 0.504. The van der Waals surface area contributed by atoms with Gasteiger partial charge in [0.2, 0.25) is 5.89 Å². The zero-order chi connectivity index (χ0) is 14.7. The molecule has 0 bridgehead atoms. The molecule has 1 aromatic carbocycles. The fourth-order valence-corrected chi connectivity index (χ4v) is 1.59. The average molecular weight is 296 g/mol. The fourth-order valence-electron chi connectivity index (χ4n) is 1.43. The largest absolute Gasteiger partial charge is 0.465 e. The van der Waals surface area contributed by atoms with Crippen LogP contribution in [-0.2, 0) is 4.74 Å². The lowest BCUT2D eigenvalue weighted by Crippen LogP contribution is -2.13. The number of aromatic nitrogens is 2. The third-order valence-electron chi connectivity index (χ3n) is 2.36. The second kappa shape index (κ2) is 5.70. The minimum absolute atomic E-state index is 0.193. The summed E-state index contributed by atoms with van der Waals surface area (Å²) in [5.74, 6) is -1.08. The van der Waals surface area contributed by atoms with Crippen molar-refractivity contribution >= 4 is 29.2 Å². The highest BCUT2D eigenvalue weighted by Gasteiger charge is 2.16. The van der Waals surface area contributed by atoms with Crippen molar-refractivity contribution in [2.45, 2.75) is 6.92 Å². The van der Waals surface area contributed by atoms with Gasteiger partial charge in [0, 0.05) is 6.92 Å². The van der Waals surface area contributed by atoms with Gasteiger partial charge in [0.15, 0.2) is 0 Å². The number of carbonyl (C=O) groups excluding carboxylic acids is 2. The van der Waals surface area contributed by atoms with Gasteiger partial charge in [-0.05, 0) is 18.2 Å². The zero-order valence-corrected chi connectivity index (χ0v) is 11.4. The molecule has 1 N–H and O–H groups in total. The van der Waals surface area contributed by atoms with Crippen LogP contribution in [0.5, 0.6) is 0 Å². The summed E-state index contributed by atoms with van der Waals surface area (Å²) in [6, 6.07) is 4.36. The van der Waals surface area contributed by atoms with Gasteiger partial charge in [0.05, 0.1) is 23.4 Å². The average Bonchev–Trinajstić information content (AvgIpc) is 2.87. The number of amides is 1. The lowest BCUT2D eigenvalue weighted by atomic mass is 10.2. The Morgan fingerprint density at radius 1 is 1.35 bits per heavy atom. The molecule has 0 saturated carbocycles. The van der Waals surface area contributed by atoms with E-state index in [2.05, 4.69) is 20.3 Å². The van der Waals surface area contributed by atoms with Crippen molar-refractivity contribution in [3.8, 4) is 0 Å². The first-order valence-corrected chi connectivity index (χ1v) is 5.88. The number of ether oxygens (including phenoxy) is 1. The van der Waals surface area contributed by atoms with Crippen LogP contribution in [0.4, 0.5) is 5.69 Å². The molecule has 0 unspecified atom stereocenters. The Labute approximate surface area is 118 Å². The number of nitrogens with zero attached hydrogens (tertiary/aromatic N) is 2. The van der Waals surface area contributed by atoms with Gasteiger partial charge in [-0.15, -0.1) is 10.2 Å². The summed E-state index contributed by atoms with van der Waals surface area (Å²) < 4.78 is 9.58. The molecule has 0 aliphatic rings. The van der Waals surface area contributed by atoms with Crippen molar-refractivity contribution in [1.29, 1.82) is 0 Å². The van der Waals surface area contributed by atoms with Gasteiger partial charge < -0.3 is 14.5 Å². The van der Waals surface area contributed by atoms with Gasteiger partial charge >= 0.3 is 17.8 Å². The number of hydrogen-bond donors (Lipinski definition) is 1. The number of benzene rings is 1. The summed E-state index contributed by atoms with van der Waals surface area (Å²) in [5, 5.41) is 9.88. The van der Waals surface area contributed by atoms with E-state index < -0.39 is 11.9 Å². The second-order valence-electron chi connectivity index (χ2n) is 3.77. The van der Waals surface area contributed by atoms with Crippen LogP contribution in [0.1, 0.15) is 26.9 Å². The molecule has 20 heavy (non-hydrogen) atoms. The van der Waals surface area contributed by atoms with Crippen LogP contribution in [0.2, 0.25) is 5.02 Å². The molecule has 2 aromatic rings. The van der Waals surface area contributed by atoms with Crippen molar-refractivity contribution in [3.05, 3.63) is 40.6 Å². The first-order valence-electron chi connectivity index (χ1n) is 5.50. The second-order valence-corrected chi connectivity index (χ2v) is 4.17. The van der Waals surface area contributed by atoms with Crippen molar-refractivity contribution in [2.75, 3.05) is 12.4 Å². The van der Waals surface area contributed by atoms with Crippen molar-refractivity contribution in [2.24, 2.45) is 0 Å². The monoisotopic (exact) mass is 295 g/mol. The SMILES string of the molecule is COC(=O)c1ccc(Cl)c(NC(=O)c2nnc(C)o2)c1. The van der Waals surface area contributed by atoms with E-state index in [4.69, 9.17) is 16.0 Å². The van der Waals surface area contributed by atoms with Crippen LogP contribution in [0.3, 0.4) is 0 Å². The molecule has 0 radical (unpaired) electrons. The Morgan fingerprint density at radius 3 is 2.70 bits per heavy atom. The normalized spacial score (nSPS) is 10.2. The number of hydrogen-bond acceptors (Lipinski definition) is 6. The van der Waals surface area contributed by atoms with E-state index in [0.29, 0.717) is 0 Å². The van der Waals surface area contributed by atoms with Crippen LogP contribution in [0.25, 0.3) is 0 Å². The Hall–Kier alpha value is -2.41. The Morgan fingerprint density at radius 2 is 2.10 bits per heavy atom. The van der Waals surface area contributed by atoms with Crippen LogP contribution in [0.15, 0.2) is 22.6 Å². The topological polar surface area (TPSA) is 94.3 Å². The van der Waals surface area contributed by atoms with Crippen molar-refractivity contribution in [3.63, 3.8) is 0 Å². The molecule has 0 aliphatic heterocycles. The summed E-state index contributed by atoms with van der Waals surface area (Å²) in [6.07, 6.45) is 0. The van der Waals surface area contributed by atoms with E-state index in [1.807, 2.05) is 0 Å². The van der Waals surface area contributed by atoms with Crippen LogP contribution < -0.4 is 5.32 Å². The molecule has 2 rings (SSSR count). The highest BCUT2D eigenvalue weighted by atomic mass is 35.5. The fraction of sp³-hybridized carbons (Fsp3) is 0.167. The molecule has 0 atom stereocenters. The van der Waals surface area contributed by atoms with E-state index in [1.54, 1.807) is 6.92 Å². The molecule has 1 heterocycles. The maximum absolute atomic E-state index is 11.8. The predicted molar refractivity (Wildman–Crippen MR) is 69.8 cm³/mol. The van der Waals surface area contributed by atoms with Gasteiger partial charge in [-0.1, -0.05) is 11.6 Å². The lowest BCUT2D eigenvalue weighted by Gasteiger charge is -2.07. The molecule has 1 amide bonds. The minimum atomic E-state index is -0.616. The van der Waals surface area contributed by atoms with Gasteiger partial charge in [-0.25, -0.2) is 4.79 Å². The van der Waals surface area contributed by atoms with E-state index >= 15 is 0 Å². The number of methoxy groups -OCH3 is 1. The molecular formula is C12H10ClN3O4. The third-order valence-corrected chi connectivity index (χ3v) is 2.69. The van der Waals surface area contributed by atoms with Gasteiger partial charge in [-0.3, -0.25) is 4.79 Å². The molecule has 0 saturated heterocycles. The Bertz CT molecular complexity index is 668. The quantitative estimate of drug-likeness (QED) is 0.871. The molecule has 8 heteroatoms. The van der Waals surface area contributed by atoms with Crippen molar-refractivity contribution in [1.82, 2.24) is 10.2 Å². The first kappa shape index (κ1) is 14.0. The first-order chi connectivity index (χ1) is 9.51. The Balaban J connectivity index is 2.24. The third kappa shape index (κ3) is 2.94. The molecule has 0 spiro atoms. The summed E-state index contributed by atoms with van der Waals surface area (Å²) >= 11 is 5.95. The van der Waals surface area contributed by atoms with Gasteiger partial charge in [-0.2, -0.15) is 0 Å². The Kier molecular flexibility index (Phi) is 3.99. The molecule has 0 aliphatic carbocycles. The van der Waals surface area contributed by atoms with Crippen LogP contribution in [0, 0.1) is 6.92 Å².